The number of nitrogens with one attached hydrogen (secondary N) is 2. The molecule has 0 fully saturated rings. The predicted octanol–water partition coefficient (Wildman–Crippen LogP) is 3.69. The molecule has 2 amide bonds. The highest BCUT2D eigenvalue weighted by molar-refractivity contribution is 7.98. The van der Waals surface area contributed by atoms with Crippen molar-refractivity contribution in [1.29, 1.82) is 0 Å². The molecule has 7 heteroatoms. The molecule has 0 aliphatic heterocycles. The molecule has 2 aromatic rings. The highest BCUT2D eigenvalue weighted by Crippen LogP contribution is 2.15. The normalized spacial score (nSPS) is 10.4. The van der Waals surface area contributed by atoms with Crippen molar-refractivity contribution in [2.24, 2.45) is 0 Å². The number of thioether (sulfide) groups is 1. The molecule has 0 bridgehead atoms. The molecule has 2 rings (SSSR count). The van der Waals surface area contributed by atoms with E-state index in [9.17, 15) is 4.79 Å². The zero-order valence-electron chi connectivity index (χ0n) is 11.6. The van der Waals surface area contributed by atoms with Gasteiger partial charge in [-0.3, -0.25) is 5.32 Å². The number of hydrogen-bond acceptors (Lipinski definition) is 4. The Balaban J connectivity index is 1.59. The lowest BCUT2D eigenvalue weighted by molar-refractivity contribution is 0.252. The van der Waals surface area contributed by atoms with Gasteiger partial charge in [-0.25, -0.2) is 4.79 Å². The van der Waals surface area contributed by atoms with E-state index in [1.165, 1.54) is 5.56 Å². The summed E-state index contributed by atoms with van der Waals surface area (Å²) in [5.74, 6) is 2.79. The van der Waals surface area contributed by atoms with Crippen LogP contribution in [0, 0.1) is 6.92 Å². The zero-order chi connectivity index (χ0) is 15.1. The number of urea groups is 1. The number of benzene rings is 1. The number of carbonyl (C=O) groups excluding carboxylic acids is 1. The number of rotatable bonds is 6. The van der Waals surface area contributed by atoms with E-state index in [1.54, 1.807) is 24.8 Å². The summed E-state index contributed by atoms with van der Waals surface area (Å²) in [5.41, 5.74) is 1.21. The van der Waals surface area contributed by atoms with Gasteiger partial charge < -0.3 is 9.84 Å². The Bertz CT molecular complexity index is 586. The summed E-state index contributed by atoms with van der Waals surface area (Å²) in [7, 11) is 0. The van der Waals surface area contributed by atoms with E-state index >= 15 is 0 Å². The zero-order valence-corrected chi connectivity index (χ0v) is 13.1. The van der Waals surface area contributed by atoms with Gasteiger partial charge in [0.2, 0.25) is 0 Å². The second kappa shape index (κ2) is 7.95. The van der Waals surface area contributed by atoms with Crippen LogP contribution >= 0.6 is 23.4 Å². The lowest BCUT2D eigenvalue weighted by Gasteiger charge is -2.05. The number of carbonyl (C=O) groups is 1. The fourth-order valence-electron chi connectivity index (χ4n) is 1.59. The molecule has 1 aromatic carbocycles. The van der Waals surface area contributed by atoms with Gasteiger partial charge in [0.1, 0.15) is 5.76 Å². The molecule has 1 aromatic heterocycles. The Kier molecular flexibility index (Phi) is 5.95. The second-order valence-corrected chi connectivity index (χ2v) is 5.92. The molecule has 0 saturated carbocycles. The van der Waals surface area contributed by atoms with Crippen LogP contribution in [0.15, 0.2) is 34.9 Å². The van der Waals surface area contributed by atoms with Gasteiger partial charge in [0.25, 0.3) is 0 Å². The van der Waals surface area contributed by atoms with Crippen LogP contribution < -0.4 is 10.6 Å². The van der Waals surface area contributed by atoms with Crippen LogP contribution in [0.4, 0.5) is 10.6 Å². The first-order valence-electron chi connectivity index (χ1n) is 6.44. The van der Waals surface area contributed by atoms with E-state index in [-0.39, 0.29) is 6.03 Å². The summed E-state index contributed by atoms with van der Waals surface area (Å²) >= 11 is 7.57. The summed E-state index contributed by atoms with van der Waals surface area (Å²) in [5, 5.41) is 9.79. The fourth-order valence-corrected chi connectivity index (χ4v) is 2.54. The monoisotopic (exact) mass is 325 g/mol. The third-order valence-electron chi connectivity index (χ3n) is 2.58. The molecular formula is C14H16ClN3O2S. The summed E-state index contributed by atoms with van der Waals surface area (Å²) in [4.78, 5) is 11.6. The fraction of sp³-hybridized carbons (Fsp3) is 0.286. The maximum absolute atomic E-state index is 11.6. The van der Waals surface area contributed by atoms with Gasteiger partial charge in [-0.2, -0.15) is 11.8 Å². The van der Waals surface area contributed by atoms with Gasteiger partial charge in [-0.05, 0) is 24.6 Å². The standard InChI is InChI=1S/C14H16ClN3O2S/c1-10-8-13(18-20-10)17-14(19)16-6-7-21-9-11-2-4-12(15)5-3-11/h2-5,8H,6-7,9H2,1H3,(H2,16,17,18,19). The topological polar surface area (TPSA) is 67.2 Å². The highest BCUT2D eigenvalue weighted by Gasteiger charge is 2.04. The van der Waals surface area contributed by atoms with Crippen LogP contribution in [0.5, 0.6) is 0 Å². The molecule has 5 nitrogen and oxygen atoms in total. The van der Waals surface area contributed by atoms with Gasteiger partial charge in [-0.1, -0.05) is 28.9 Å². The highest BCUT2D eigenvalue weighted by atomic mass is 35.5. The predicted molar refractivity (Wildman–Crippen MR) is 85.9 cm³/mol. The van der Waals surface area contributed by atoms with E-state index < -0.39 is 0 Å². The van der Waals surface area contributed by atoms with Crippen LogP contribution in [-0.4, -0.2) is 23.5 Å². The molecule has 0 aliphatic carbocycles. The van der Waals surface area contributed by atoms with Crippen molar-refractivity contribution in [3.63, 3.8) is 0 Å². The lowest BCUT2D eigenvalue weighted by Crippen LogP contribution is -2.30. The summed E-state index contributed by atoms with van der Waals surface area (Å²) in [6.07, 6.45) is 0. The number of hydrogen-bond donors (Lipinski definition) is 2. The van der Waals surface area contributed by atoms with Crippen molar-refractivity contribution in [2.45, 2.75) is 12.7 Å². The summed E-state index contributed by atoms with van der Waals surface area (Å²) in [6.45, 7) is 2.35. The first-order valence-corrected chi connectivity index (χ1v) is 7.97. The molecule has 0 aliphatic rings. The van der Waals surface area contributed by atoms with Crippen molar-refractivity contribution in [2.75, 3.05) is 17.6 Å². The number of aryl methyl sites for hydroxylation is 1. The molecule has 21 heavy (non-hydrogen) atoms. The first kappa shape index (κ1) is 15.7. The molecule has 0 spiro atoms. The SMILES string of the molecule is Cc1cc(NC(=O)NCCSCc2ccc(Cl)cc2)no1. The van der Waals surface area contributed by atoms with E-state index in [4.69, 9.17) is 16.1 Å². The third-order valence-corrected chi connectivity index (χ3v) is 3.87. The van der Waals surface area contributed by atoms with Gasteiger partial charge in [-0.15, -0.1) is 0 Å². The molecule has 2 N–H and O–H groups in total. The van der Waals surface area contributed by atoms with Gasteiger partial charge in [0, 0.05) is 29.1 Å². The van der Waals surface area contributed by atoms with Crippen LogP contribution in [-0.2, 0) is 5.75 Å². The Labute approximate surface area is 132 Å². The lowest BCUT2D eigenvalue weighted by atomic mass is 10.2. The maximum atomic E-state index is 11.6. The second-order valence-electron chi connectivity index (χ2n) is 4.38. The third kappa shape index (κ3) is 5.69. The average Bonchev–Trinajstić information content (AvgIpc) is 2.86. The largest absolute Gasteiger partial charge is 0.360 e. The van der Waals surface area contributed by atoms with Crippen LogP contribution in [0.3, 0.4) is 0 Å². The number of amides is 2. The molecule has 112 valence electrons. The number of aromatic nitrogens is 1. The Morgan fingerprint density at radius 3 is 2.81 bits per heavy atom. The van der Waals surface area contributed by atoms with Crippen molar-refractivity contribution in [1.82, 2.24) is 10.5 Å². The van der Waals surface area contributed by atoms with Crippen LogP contribution in [0.2, 0.25) is 5.02 Å². The molecule has 0 atom stereocenters. The maximum Gasteiger partial charge on any atom is 0.320 e. The first-order chi connectivity index (χ1) is 10.1. The van der Waals surface area contributed by atoms with Crippen LogP contribution in [0.1, 0.15) is 11.3 Å². The van der Waals surface area contributed by atoms with Crippen molar-refractivity contribution >= 4 is 35.2 Å². The van der Waals surface area contributed by atoms with Crippen molar-refractivity contribution in [3.05, 3.63) is 46.7 Å². The van der Waals surface area contributed by atoms with Crippen LogP contribution in [0.25, 0.3) is 0 Å². The summed E-state index contributed by atoms with van der Waals surface area (Å²) in [6, 6.07) is 9.14. The Hall–Kier alpha value is -1.66. The van der Waals surface area contributed by atoms with Gasteiger partial charge in [0.15, 0.2) is 5.82 Å². The molecular weight excluding hydrogens is 310 g/mol. The van der Waals surface area contributed by atoms with Crippen molar-refractivity contribution < 1.29 is 9.32 Å². The van der Waals surface area contributed by atoms with E-state index in [0.717, 1.165) is 16.5 Å². The summed E-state index contributed by atoms with van der Waals surface area (Å²) < 4.78 is 4.86. The minimum absolute atomic E-state index is 0.282. The Morgan fingerprint density at radius 2 is 2.14 bits per heavy atom. The van der Waals surface area contributed by atoms with E-state index in [2.05, 4.69) is 15.8 Å². The Morgan fingerprint density at radius 1 is 1.38 bits per heavy atom. The number of anilines is 1. The number of nitrogens with zero attached hydrogens (tertiary/aromatic N) is 1. The number of halogens is 1. The quantitative estimate of drug-likeness (QED) is 0.795. The average molecular weight is 326 g/mol. The smallest absolute Gasteiger partial charge is 0.320 e. The minimum atomic E-state index is -0.282. The van der Waals surface area contributed by atoms with Crippen molar-refractivity contribution in [3.8, 4) is 0 Å². The van der Waals surface area contributed by atoms with Gasteiger partial charge in [0.05, 0.1) is 0 Å². The van der Waals surface area contributed by atoms with E-state index in [1.807, 2.05) is 24.3 Å². The molecule has 0 saturated heterocycles. The molecule has 0 radical (unpaired) electrons. The minimum Gasteiger partial charge on any atom is -0.360 e. The molecule has 0 unspecified atom stereocenters. The van der Waals surface area contributed by atoms with E-state index in [0.29, 0.717) is 18.1 Å². The van der Waals surface area contributed by atoms with Gasteiger partial charge >= 0.3 is 6.03 Å². The molecule has 1 heterocycles.